The van der Waals surface area contributed by atoms with E-state index in [2.05, 4.69) is 0 Å². The number of aliphatic hydroxyl groups excluding tert-OH is 2. The third kappa shape index (κ3) is 4.82. The number of benzene rings is 2. The smallest absolute Gasteiger partial charge is 0.252 e. The second-order valence-corrected chi connectivity index (χ2v) is 8.98. The Kier molecular flexibility index (Phi) is 6.66. The normalized spacial score (nSPS) is 25.4. The molecule has 0 unspecified atom stereocenters. The number of ether oxygens (including phenoxy) is 1. The molecule has 0 aromatic heterocycles. The lowest BCUT2D eigenvalue weighted by molar-refractivity contribution is -0.179. The quantitative estimate of drug-likeness (QED) is 0.665. The molecular formula is C23H25Cl2NO4. The fourth-order valence-corrected chi connectivity index (χ4v) is 4.34. The molecule has 5 nitrogen and oxygen atoms in total. The van der Waals surface area contributed by atoms with E-state index in [-0.39, 0.29) is 18.4 Å². The van der Waals surface area contributed by atoms with Crippen LogP contribution in [-0.4, -0.2) is 46.4 Å². The van der Waals surface area contributed by atoms with E-state index in [1.54, 1.807) is 6.07 Å². The Morgan fingerprint density at radius 2 is 1.80 bits per heavy atom. The summed E-state index contributed by atoms with van der Waals surface area (Å²) in [4.78, 5) is 15.3. The van der Waals surface area contributed by atoms with Crippen LogP contribution in [0.25, 0.3) is 0 Å². The number of morpholine rings is 1. The largest absolute Gasteiger partial charge is 0.394 e. The highest BCUT2D eigenvalue weighted by molar-refractivity contribution is 6.30. The van der Waals surface area contributed by atoms with Crippen molar-refractivity contribution in [2.45, 2.75) is 43.6 Å². The zero-order chi connectivity index (χ0) is 21.3. The summed E-state index contributed by atoms with van der Waals surface area (Å²) in [5.41, 5.74) is 1.79. The molecule has 160 valence electrons. The van der Waals surface area contributed by atoms with Crippen LogP contribution in [0.3, 0.4) is 0 Å². The Morgan fingerprint density at radius 3 is 2.43 bits per heavy atom. The predicted octanol–water partition coefficient (Wildman–Crippen LogP) is 4.16. The summed E-state index contributed by atoms with van der Waals surface area (Å²) in [5, 5.41) is 20.5. The Hall–Kier alpha value is -1.63. The van der Waals surface area contributed by atoms with Crippen molar-refractivity contribution < 1.29 is 19.7 Å². The van der Waals surface area contributed by atoms with Crippen LogP contribution >= 0.6 is 23.2 Å². The molecule has 1 saturated carbocycles. The number of halogens is 2. The average molecular weight is 450 g/mol. The van der Waals surface area contributed by atoms with Gasteiger partial charge in [0.25, 0.3) is 5.91 Å². The SMILES string of the molecule is O=C1[C@H](C[C@@H](O)CO)O[C@H](c2cccc(Cl)c2)[C@H](c2ccc(Cl)cc2)N1CC1CC1. The number of rotatable bonds is 7. The highest BCUT2D eigenvalue weighted by Gasteiger charge is 2.46. The molecule has 2 fully saturated rings. The van der Waals surface area contributed by atoms with Gasteiger partial charge in [0.15, 0.2) is 0 Å². The van der Waals surface area contributed by atoms with Crippen molar-refractivity contribution in [3.8, 4) is 0 Å². The second kappa shape index (κ2) is 9.25. The summed E-state index contributed by atoms with van der Waals surface area (Å²) in [7, 11) is 0. The van der Waals surface area contributed by atoms with Gasteiger partial charge in [-0.2, -0.15) is 0 Å². The monoisotopic (exact) mass is 449 g/mol. The molecule has 1 aliphatic carbocycles. The van der Waals surface area contributed by atoms with Gasteiger partial charge in [-0.05, 0) is 54.2 Å². The number of carbonyl (C=O) groups is 1. The molecule has 30 heavy (non-hydrogen) atoms. The zero-order valence-electron chi connectivity index (χ0n) is 16.5. The van der Waals surface area contributed by atoms with Gasteiger partial charge in [0.05, 0.1) is 18.8 Å². The average Bonchev–Trinajstić information content (AvgIpc) is 3.55. The zero-order valence-corrected chi connectivity index (χ0v) is 18.0. The molecule has 1 heterocycles. The number of nitrogens with zero attached hydrogens (tertiary/aromatic N) is 1. The van der Waals surface area contributed by atoms with E-state index in [0.717, 1.165) is 24.0 Å². The molecule has 2 aliphatic rings. The maximum atomic E-state index is 13.4. The molecule has 7 heteroatoms. The van der Waals surface area contributed by atoms with E-state index in [4.69, 9.17) is 27.9 Å². The molecule has 1 aliphatic heterocycles. The van der Waals surface area contributed by atoms with E-state index < -0.39 is 24.9 Å². The summed E-state index contributed by atoms with van der Waals surface area (Å²) in [6, 6.07) is 14.6. The molecule has 1 saturated heterocycles. The van der Waals surface area contributed by atoms with Crippen molar-refractivity contribution in [1.82, 2.24) is 4.90 Å². The fourth-order valence-electron chi connectivity index (χ4n) is 4.01. The van der Waals surface area contributed by atoms with Gasteiger partial charge in [-0.1, -0.05) is 47.5 Å². The van der Waals surface area contributed by atoms with Crippen molar-refractivity contribution in [2.24, 2.45) is 5.92 Å². The highest BCUT2D eigenvalue weighted by atomic mass is 35.5. The predicted molar refractivity (Wildman–Crippen MR) is 115 cm³/mol. The van der Waals surface area contributed by atoms with Crippen LogP contribution in [0, 0.1) is 5.92 Å². The number of carbonyl (C=O) groups excluding carboxylic acids is 1. The standard InChI is InChI=1S/C23H25Cl2NO4/c24-17-8-6-15(7-9-17)21-22(16-2-1-3-18(25)10-16)30-20(11-19(28)13-27)23(29)26(21)12-14-4-5-14/h1-3,6-10,14,19-22,27-28H,4-5,11-13H2/t19-,20+,21+,22-/m1/s1. The minimum absolute atomic E-state index is 0.0426. The number of aliphatic hydroxyl groups is 2. The fraction of sp³-hybridized carbons (Fsp3) is 0.435. The van der Waals surface area contributed by atoms with Crippen LogP contribution in [0.1, 0.15) is 42.5 Å². The van der Waals surface area contributed by atoms with Gasteiger partial charge >= 0.3 is 0 Å². The van der Waals surface area contributed by atoms with Gasteiger partial charge in [-0.25, -0.2) is 0 Å². The minimum atomic E-state index is -1.02. The first-order chi connectivity index (χ1) is 14.5. The Bertz CT molecular complexity index is 887. The molecule has 2 aromatic carbocycles. The Labute approximate surface area is 186 Å². The lowest BCUT2D eigenvalue weighted by Crippen LogP contribution is -2.52. The third-order valence-corrected chi connectivity index (χ3v) is 6.22. The van der Waals surface area contributed by atoms with E-state index in [1.165, 1.54) is 0 Å². The molecule has 1 amide bonds. The first kappa shape index (κ1) is 21.6. The number of amides is 1. The van der Waals surface area contributed by atoms with Gasteiger partial charge in [0.1, 0.15) is 12.2 Å². The number of hydrogen-bond acceptors (Lipinski definition) is 4. The van der Waals surface area contributed by atoms with Crippen LogP contribution < -0.4 is 0 Å². The van der Waals surface area contributed by atoms with Crippen molar-refractivity contribution in [1.29, 1.82) is 0 Å². The summed E-state index contributed by atoms with van der Waals surface area (Å²) < 4.78 is 6.29. The Morgan fingerprint density at radius 1 is 1.07 bits per heavy atom. The molecule has 0 radical (unpaired) electrons. The van der Waals surface area contributed by atoms with Gasteiger partial charge in [0, 0.05) is 23.0 Å². The van der Waals surface area contributed by atoms with Crippen molar-refractivity contribution >= 4 is 29.1 Å². The van der Waals surface area contributed by atoms with Crippen molar-refractivity contribution in [3.05, 3.63) is 69.7 Å². The Balaban J connectivity index is 1.76. The molecule has 2 aromatic rings. The third-order valence-electron chi connectivity index (χ3n) is 5.73. The van der Waals surface area contributed by atoms with E-state index in [0.29, 0.717) is 22.5 Å². The maximum absolute atomic E-state index is 13.4. The van der Waals surface area contributed by atoms with Crippen LogP contribution in [-0.2, 0) is 9.53 Å². The van der Waals surface area contributed by atoms with Gasteiger partial charge in [0.2, 0.25) is 0 Å². The molecule has 0 spiro atoms. The van der Waals surface area contributed by atoms with E-state index in [1.807, 2.05) is 47.4 Å². The van der Waals surface area contributed by atoms with Gasteiger partial charge in [-0.15, -0.1) is 0 Å². The van der Waals surface area contributed by atoms with Gasteiger partial charge < -0.3 is 19.8 Å². The minimum Gasteiger partial charge on any atom is -0.394 e. The van der Waals surface area contributed by atoms with E-state index >= 15 is 0 Å². The second-order valence-electron chi connectivity index (χ2n) is 8.10. The maximum Gasteiger partial charge on any atom is 0.252 e. The van der Waals surface area contributed by atoms with Crippen LogP contribution in [0.15, 0.2) is 48.5 Å². The molecule has 4 rings (SSSR count). The lowest BCUT2D eigenvalue weighted by Gasteiger charge is -2.45. The van der Waals surface area contributed by atoms with Crippen LogP contribution in [0.2, 0.25) is 10.0 Å². The lowest BCUT2D eigenvalue weighted by atomic mass is 9.90. The highest BCUT2D eigenvalue weighted by Crippen LogP contribution is 2.45. The summed E-state index contributed by atoms with van der Waals surface area (Å²) in [5.74, 6) is 0.318. The van der Waals surface area contributed by atoms with Crippen LogP contribution in [0.4, 0.5) is 0 Å². The van der Waals surface area contributed by atoms with Gasteiger partial charge in [-0.3, -0.25) is 4.79 Å². The molecule has 0 bridgehead atoms. The number of hydrogen-bond donors (Lipinski definition) is 2. The van der Waals surface area contributed by atoms with Crippen molar-refractivity contribution in [2.75, 3.05) is 13.2 Å². The first-order valence-electron chi connectivity index (χ1n) is 10.2. The molecule has 2 N–H and O–H groups in total. The first-order valence-corrected chi connectivity index (χ1v) is 11.0. The summed E-state index contributed by atoms with van der Waals surface area (Å²) >= 11 is 12.4. The molecular weight excluding hydrogens is 425 g/mol. The summed E-state index contributed by atoms with van der Waals surface area (Å²) in [6.07, 6.45) is -0.0709. The molecule has 4 atom stereocenters. The topological polar surface area (TPSA) is 70.0 Å². The summed E-state index contributed by atoms with van der Waals surface area (Å²) in [6.45, 7) is 0.219. The van der Waals surface area contributed by atoms with E-state index in [9.17, 15) is 15.0 Å². The van der Waals surface area contributed by atoms with Crippen molar-refractivity contribution in [3.63, 3.8) is 0 Å². The van der Waals surface area contributed by atoms with Crippen LogP contribution in [0.5, 0.6) is 0 Å².